The van der Waals surface area contributed by atoms with Crippen LogP contribution in [0.5, 0.6) is 5.75 Å². The zero-order chi connectivity index (χ0) is 24.0. The lowest BCUT2D eigenvalue weighted by atomic mass is 9.85. The highest BCUT2D eigenvalue weighted by atomic mass is 35.5. The number of piperidine rings is 1. The highest BCUT2D eigenvalue weighted by molar-refractivity contribution is 8.01. The molecule has 0 saturated carbocycles. The van der Waals surface area contributed by atoms with Crippen molar-refractivity contribution in [2.45, 2.75) is 41.9 Å². The molecule has 1 aliphatic heterocycles. The molecule has 1 aliphatic rings. The van der Waals surface area contributed by atoms with Crippen molar-refractivity contribution in [3.63, 3.8) is 0 Å². The molecular formula is C25H29ClN2O4S2. The molecule has 1 aromatic carbocycles. The lowest BCUT2D eigenvalue weighted by Crippen LogP contribution is -2.47. The first-order valence-corrected chi connectivity index (χ1v) is 13.6. The lowest BCUT2D eigenvalue weighted by Gasteiger charge is -2.40. The number of aryl methyl sites for hydroxylation is 1. The molecule has 0 radical (unpaired) electrons. The summed E-state index contributed by atoms with van der Waals surface area (Å²) in [6.07, 6.45) is 4.07. The van der Waals surface area contributed by atoms with E-state index in [4.69, 9.17) is 21.1 Å². The van der Waals surface area contributed by atoms with Gasteiger partial charge in [0.2, 0.25) is 0 Å². The third-order valence-corrected chi connectivity index (χ3v) is 8.85. The van der Waals surface area contributed by atoms with Crippen molar-refractivity contribution in [2.24, 2.45) is 0 Å². The second kappa shape index (κ2) is 11.6. The summed E-state index contributed by atoms with van der Waals surface area (Å²) in [5.41, 5.74) is 1.24. The second-order valence-electron chi connectivity index (χ2n) is 8.49. The number of thioether (sulfide) groups is 1. The average Bonchev–Trinajstić information content (AvgIpc) is 3.35. The molecule has 3 heterocycles. The van der Waals surface area contributed by atoms with Gasteiger partial charge in [0.05, 0.1) is 21.9 Å². The van der Waals surface area contributed by atoms with Crippen LogP contribution in [-0.2, 0) is 11.2 Å². The van der Waals surface area contributed by atoms with Crippen LogP contribution in [0.25, 0.3) is 10.9 Å². The molecule has 0 spiro atoms. The number of hydrogen-bond donors (Lipinski definition) is 1. The molecule has 0 unspecified atom stereocenters. The highest BCUT2D eigenvalue weighted by Crippen LogP contribution is 2.34. The fourth-order valence-corrected chi connectivity index (χ4v) is 6.67. The molecule has 6 nitrogen and oxygen atoms in total. The summed E-state index contributed by atoms with van der Waals surface area (Å²) in [4.78, 5) is 18.3. The van der Waals surface area contributed by atoms with E-state index >= 15 is 0 Å². The van der Waals surface area contributed by atoms with Crippen LogP contribution in [0.2, 0.25) is 5.02 Å². The van der Waals surface area contributed by atoms with Crippen molar-refractivity contribution in [3.05, 3.63) is 52.5 Å². The number of carbonyl (C=O) groups is 1. The smallest absolute Gasteiger partial charge is 0.497 e. The molecule has 1 N–H and O–H groups in total. The lowest BCUT2D eigenvalue weighted by molar-refractivity contribution is -0.0611. The van der Waals surface area contributed by atoms with E-state index in [1.165, 1.54) is 4.21 Å². The van der Waals surface area contributed by atoms with Crippen molar-refractivity contribution in [2.75, 3.05) is 32.5 Å². The van der Waals surface area contributed by atoms with Crippen LogP contribution in [0.1, 0.15) is 31.2 Å². The maximum Gasteiger partial charge on any atom is 0.506 e. The Balaban J connectivity index is 1.36. The van der Waals surface area contributed by atoms with Crippen LogP contribution in [0, 0.1) is 0 Å². The van der Waals surface area contributed by atoms with E-state index in [1.54, 1.807) is 24.6 Å². The van der Waals surface area contributed by atoms with Gasteiger partial charge in [-0.05, 0) is 54.5 Å². The van der Waals surface area contributed by atoms with Gasteiger partial charge in [-0.2, -0.15) is 0 Å². The molecule has 9 heteroatoms. The number of ether oxygens (including phenoxy) is 2. The zero-order valence-corrected chi connectivity index (χ0v) is 21.6. The quantitative estimate of drug-likeness (QED) is 0.238. The van der Waals surface area contributed by atoms with Gasteiger partial charge in [-0.15, -0.1) is 23.1 Å². The Kier molecular flexibility index (Phi) is 8.58. The first-order chi connectivity index (χ1) is 16.5. The number of likely N-dealkylation sites (tertiary alicyclic amines) is 1. The van der Waals surface area contributed by atoms with Gasteiger partial charge >= 0.3 is 6.16 Å². The standard InChI is InChI=1S/C25H29ClN2O4S2/c1-31-18-6-7-22-20(16-18)19(21(26)17-27-22)4-2-8-25(32-24(29)30)9-11-28(12-10-25)13-15-34-23-5-3-14-33-23/h3,5-7,14,16-17H,2,4,8-13,15H2,1H3,(H,29,30). The van der Waals surface area contributed by atoms with E-state index in [9.17, 15) is 9.90 Å². The predicted octanol–water partition coefficient (Wildman–Crippen LogP) is 6.60. The van der Waals surface area contributed by atoms with Crippen LogP contribution in [0.4, 0.5) is 4.79 Å². The Labute approximate surface area is 213 Å². The minimum absolute atomic E-state index is 0.618. The Morgan fingerprint density at radius 3 is 2.85 bits per heavy atom. The maximum absolute atomic E-state index is 11.5. The molecule has 0 amide bonds. The summed E-state index contributed by atoms with van der Waals surface area (Å²) in [7, 11) is 1.64. The number of fused-ring (bicyclic) bond motifs is 1. The van der Waals surface area contributed by atoms with Crippen LogP contribution < -0.4 is 4.74 Å². The molecule has 0 atom stereocenters. The van der Waals surface area contributed by atoms with E-state index < -0.39 is 11.8 Å². The molecule has 2 aromatic heterocycles. The van der Waals surface area contributed by atoms with Crippen molar-refractivity contribution in [3.8, 4) is 5.75 Å². The van der Waals surface area contributed by atoms with Gasteiger partial charge in [0.15, 0.2) is 0 Å². The van der Waals surface area contributed by atoms with Crippen LogP contribution in [0.15, 0.2) is 46.1 Å². The van der Waals surface area contributed by atoms with Crippen LogP contribution in [-0.4, -0.2) is 59.2 Å². The molecule has 3 aromatic rings. The van der Waals surface area contributed by atoms with Gasteiger partial charge in [0.25, 0.3) is 0 Å². The van der Waals surface area contributed by atoms with E-state index in [0.717, 1.165) is 60.4 Å². The van der Waals surface area contributed by atoms with Crippen molar-refractivity contribution >= 4 is 51.8 Å². The minimum Gasteiger partial charge on any atom is -0.497 e. The normalized spacial score (nSPS) is 15.9. The molecule has 4 rings (SSSR count). The predicted molar refractivity (Wildman–Crippen MR) is 139 cm³/mol. The summed E-state index contributed by atoms with van der Waals surface area (Å²) in [6, 6.07) is 9.99. The molecule has 182 valence electrons. The van der Waals surface area contributed by atoms with Crippen molar-refractivity contribution in [1.29, 1.82) is 0 Å². The Hall–Kier alpha value is -2.00. The number of nitrogens with zero attached hydrogens (tertiary/aromatic N) is 2. The van der Waals surface area contributed by atoms with Gasteiger partial charge in [-0.25, -0.2) is 4.79 Å². The first-order valence-electron chi connectivity index (χ1n) is 11.4. The molecule has 0 aliphatic carbocycles. The topological polar surface area (TPSA) is 71.9 Å². The number of pyridine rings is 1. The Morgan fingerprint density at radius 2 is 2.15 bits per heavy atom. The van der Waals surface area contributed by atoms with Gasteiger partial charge in [0.1, 0.15) is 11.4 Å². The number of halogens is 1. The van der Waals surface area contributed by atoms with Crippen LogP contribution >= 0.6 is 34.7 Å². The highest BCUT2D eigenvalue weighted by Gasteiger charge is 2.37. The van der Waals surface area contributed by atoms with E-state index in [-0.39, 0.29) is 0 Å². The monoisotopic (exact) mass is 520 g/mol. The third-order valence-electron chi connectivity index (χ3n) is 6.41. The van der Waals surface area contributed by atoms with Crippen LogP contribution in [0.3, 0.4) is 0 Å². The number of thiophene rings is 1. The van der Waals surface area contributed by atoms with Gasteiger partial charge in [0, 0.05) is 49.8 Å². The molecule has 34 heavy (non-hydrogen) atoms. The van der Waals surface area contributed by atoms with Crippen molar-refractivity contribution < 1.29 is 19.4 Å². The van der Waals surface area contributed by atoms with E-state index in [2.05, 4.69) is 27.4 Å². The Morgan fingerprint density at radius 1 is 1.32 bits per heavy atom. The number of methoxy groups -OCH3 is 1. The maximum atomic E-state index is 11.5. The summed E-state index contributed by atoms with van der Waals surface area (Å²) in [5.74, 6) is 1.79. The zero-order valence-electron chi connectivity index (χ0n) is 19.2. The van der Waals surface area contributed by atoms with Gasteiger partial charge < -0.3 is 19.5 Å². The van der Waals surface area contributed by atoms with Crippen molar-refractivity contribution in [1.82, 2.24) is 9.88 Å². The SMILES string of the molecule is COc1ccc2ncc(Cl)c(CCCC3(OC(=O)O)CCN(CCSc4cccs4)CC3)c2c1. The van der Waals surface area contributed by atoms with E-state index in [0.29, 0.717) is 24.3 Å². The number of hydrogen-bond acceptors (Lipinski definition) is 7. The third kappa shape index (κ3) is 6.36. The van der Waals surface area contributed by atoms with Gasteiger partial charge in [-0.3, -0.25) is 4.98 Å². The summed E-state index contributed by atoms with van der Waals surface area (Å²) in [5, 5.41) is 13.1. The number of rotatable bonds is 10. The number of carboxylic acid groups (broad SMARTS) is 1. The largest absolute Gasteiger partial charge is 0.506 e. The Bertz CT molecular complexity index is 1100. The van der Waals surface area contributed by atoms with Gasteiger partial charge in [-0.1, -0.05) is 17.7 Å². The first kappa shape index (κ1) is 25.1. The minimum atomic E-state index is -1.20. The number of benzene rings is 1. The molecule has 1 fully saturated rings. The van der Waals surface area contributed by atoms with E-state index in [1.807, 2.05) is 30.0 Å². The second-order valence-corrected chi connectivity index (χ2v) is 11.2. The molecular weight excluding hydrogens is 492 g/mol. The summed E-state index contributed by atoms with van der Waals surface area (Å²) < 4.78 is 12.2. The summed E-state index contributed by atoms with van der Waals surface area (Å²) in [6.45, 7) is 2.68. The fourth-order valence-electron chi connectivity index (χ4n) is 4.56. The molecule has 0 bridgehead atoms. The fraction of sp³-hybridized carbons (Fsp3) is 0.440. The average molecular weight is 521 g/mol. The number of aromatic nitrogens is 1. The summed E-state index contributed by atoms with van der Waals surface area (Å²) >= 11 is 10.1. The molecule has 1 saturated heterocycles.